The Kier molecular flexibility index (Phi) is 4.55. The number of halogens is 1. The number of ether oxygens (including phenoxy) is 1. The lowest BCUT2D eigenvalue weighted by Crippen LogP contribution is -2.38. The molecule has 0 bridgehead atoms. The topological polar surface area (TPSA) is 42.4 Å². The second-order valence-electron chi connectivity index (χ2n) is 4.56. The van der Waals surface area contributed by atoms with E-state index in [4.69, 9.17) is 16.3 Å². The first-order valence-corrected chi connectivity index (χ1v) is 6.47. The maximum absolute atomic E-state index is 11.5. The van der Waals surface area contributed by atoms with Gasteiger partial charge >= 0.3 is 5.97 Å². The van der Waals surface area contributed by atoms with Crippen molar-refractivity contribution in [3.8, 4) is 0 Å². The van der Waals surface area contributed by atoms with E-state index in [1.807, 2.05) is 6.07 Å². The largest absolute Gasteiger partial charge is 0.469 e. The molecule has 0 saturated carbocycles. The van der Waals surface area contributed by atoms with Crippen molar-refractivity contribution < 1.29 is 9.53 Å². The Bertz CT molecular complexity index is 425. The monoisotopic (exact) mass is 268 g/mol. The van der Waals surface area contributed by atoms with Crippen LogP contribution in [0.15, 0.2) is 18.3 Å². The number of carbonyl (C=O) groups excluding carboxylic acids is 1. The van der Waals surface area contributed by atoms with Gasteiger partial charge in [-0.2, -0.15) is 0 Å². The maximum atomic E-state index is 11.5. The number of nitrogens with zero attached hydrogens (tertiary/aromatic N) is 2. The molecule has 1 aromatic heterocycles. The second kappa shape index (κ2) is 6.16. The average Bonchev–Trinajstić information content (AvgIpc) is 2.38. The summed E-state index contributed by atoms with van der Waals surface area (Å²) in [5.74, 6) is -0.123. The van der Waals surface area contributed by atoms with Crippen molar-refractivity contribution in [3.05, 3.63) is 29.0 Å². The molecule has 1 aliphatic rings. The molecular formula is C13H17ClN2O2. The highest BCUT2D eigenvalue weighted by atomic mass is 35.5. The van der Waals surface area contributed by atoms with E-state index < -0.39 is 0 Å². The third-order valence-electron chi connectivity index (χ3n) is 3.20. The summed E-state index contributed by atoms with van der Waals surface area (Å²) in [5.41, 5.74) is 0.938. The molecule has 0 aliphatic carbocycles. The Balaban J connectivity index is 1.95. The standard InChI is InChI=1S/C13H17ClN2O2/c1-18-13(17)10-3-2-6-16(8-10)9-12-7-11(14)4-5-15-12/h4-5,7,10H,2-3,6,8-9H2,1H3. The van der Waals surface area contributed by atoms with Crippen molar-refractivity contribution in [2.24, 2.45) is 5.92 Å². The van der Waals surface area contributed by atoms with Crippen LogP contribution in [0.2, 0.25) is 5.02 Å². The number of carbonyl (C=O) groups is 1. The summed E-state index contributed by atoms with van der Waals surface area (Å²) in [6, 6.07) is 3.63. The highest BCUT2D eigenvalue weighted by Crippen LogP contribution is 2.19. The zero-order chi connectivity index (χ0) is 13.0. The van der Waals surface area contributed by atoms with Crippen LogP contribution in [0.3, 0.4) is 0 Å². The molecule has 0 aromatic carbocycles. The van der Waals surface area contributed by atoms with Gasteiger partial charge in [0.15, 0.2) is 0 Å². The number of likely N-dealkylation sites (tertiary alicyclic amines) is 1. The lowest BCUT2D eigenvalue weighted by Gasteiger charge is -2.30. The Morgan fingerprint density at radius 2 is 2.50 bits per heavy atom. The maximum Gasteiger partial charge on any atom is 0.309 e. The highest BCUT2D eigenvalue weighted by molar-refractivity contribution is 6.30. The molecule has 1 unspecified atom stereocenters. The van der Waals surface area contributed by atoms with E-state index in [0.29, 0.717) is 5.02 Å². The van der Waals surface area contributed by atoms with Gasteiger partial charge in [0, 0.05) is 24.3 Å². The average molecular weight is 269 g/mol. The molecule has 0 amide bonds. The molecule has 2 rings (SSSR count). The molecule has 18 heavy (non-hydrogen) atoms. The zero-order valence-electron chi connectivity index (χ0n) is 10.4. The number of methoxy groups -OCH3 is 1. The third-order valence-corrected chi connectivity index (χ3v) is 3.44. The van der Waals surface area contributed by atoms with Crippen LogP contribution < -0.4 is 0 Å². The first kappa shape index (κ1) is 13.3. The fourth-order valence-corrected chi connectivity index (χ4v) is 2.50. The molecule has 0 radical (unpaired) electrons. The second-order valence-corrected chi connectivity index (χ2v) is 5.00. The van der Waals surface area contributed by atoms with Gasteiger partial charge in [0.05, 0.1) is 18.7 Å². The molecule has 1 aliphatic heterocycles. The normalized spacial score (nSPS) is 20.7. The molecule has 0 N–H and O–H groups in total. The third kappa shape index (κ3) is 3.43. The number of aromatic nitrogens is 1. The molecule has 1 fully saturated rings. The molecule has 1 saturated heterocycles. The number of rotatable bonds is 3. The van der Waals surface area contributed by atoms with Crippen LogP contribution in [0.4, 0.5) is 0 Å². The van der Waals surface area contributed by atoms with Gasteiger partial charge in [0.25, 0.3) is 0 Å². The number of pyridine rings is 1. The Labute approximate surface area is 112 Å². The summed E-state index contributed by atoms with van der Waals surface area (Å²) >= 11 is 5.93. The number of hydrogen-bond acceptors (Lipinski definition) is 4. The summed E-state index contributed by atoms with van der Waals surface area (Å²) < 4.78 is 4.81. The van der Waals surface area contributed by atoms with Gasteiger partial charge in [0.1, 0.15) is 0 Å². The summed E-state index contributed by atoms with van der Waals surface area (Å²) in [6.07, 6.45) is 3.63. The number of esters is 1. The van der Waals surface area contributed by atoms with Gasteiger partial charge < -0.3 is 4.74 Å². The molecular weight excluding hydrogens is 252 g/mol. The van der Waals surface area contributed by atoms with Crippen molar-refractivity contribution in [1.29, 1.82) is 0 Å². The smallest absolute Gasteiger partial charge is 0.309 e. The van der Waals surface area contributed by atoms with Crippen LogP contribution in [0.25, 0.3) is 0 Å². The lowest BCUT2D eigenvalue weighted by atomic mass is 9.98. The van der Waals surface area contributed by atoms with Gasteiger partial charge in [-0.25, -0.2) is 0 Å². The molecule has 1 aromatic rings. The van der Waals surface area contributed by atoms with Crippen LogP contribution in [-0.4, -0.2) is 36.1 Å². The zero-order valence-corrected chi connectivity index (χ0v) is 11.2. The van der Waals surface area contributed by atoms with E-state index in [1.165, 1.54) is 7.11 Å². The van der Waals surface area contributed by atoms with E-state index >= 15 is 0 Å². The van der Waals surface area contributed by atoms with Crippen LogP contribution in [0.5, 0.6) is 0 Å². The van der Waals surface area contributed by atoms with Crippen molar-refractivity contribution in [1.82, 2.24) is 9.88 Å². The summed E-state index contributed by atoms with van der Waals surface area (Å²) in [7, 11) is 1.44. The van der Waals surface area contributed by atoms with Gasteiger partial charge in [-0.3, -0.25) is 14.7 Å². The van der Waals surface area contributed by atoms with E-state index in [1.54, 1.807) is 12.3 Å². The predicted octanol–water partition coefficient (Wildman–Crippen LogP) is 2.12. The molecule has 2 heterocycles. The summed E-state index contributed by atoms with van der Waals surface area (Å²) in [6.45, 7) is 2.45. The lowest BCUT2D eigenvalue weighted by molar-refractivity contribution is -0.147. The summed E-state index contributed by atoms with van der Waals surface area (Å²) in [4.78, 5) is 18.0. The van der Waals surface area contributed by atoms with Crippen molar-refractivity contribution >= 4 is 17.6 Å². The fourth-order valence-electron chi connectivity index (χ4n) is 2.32. The van der Waals surface area contributed by atoms with E-state index in [9.17, 15) is 4.79 Å². The number of hydrogen-bond donors (Lipinski definition) is 0. The molecule has 1 atom stereocenters. The van der Waals surface area contributed by atoms with Gasteiger partial charge in [0.2, 0.25) is 0 Å². The van der Waals surface area contributed by atoms with Crippen molar-refractivity contribution in [2.75, 3.05) is 20.2 Å². The van der Waals surface area contributed by atoms with Crippen LogP contribution in [0, 0.1) is 5.92 Å². The quantitative estimate of drug-likeness (QED) is 0.788. The first-order chi connectivity index (χ1) is 8.69. The van der Waals surface area contributed by atoms with Gasteiger partial charge in [-0.1, -0.05) is 11.6 Å². The van der Waals surface area contributed by atoms with Crippen LogP contribution in [0.1, 0.15) is 18.5 Å². The Morgan fingerprint density at radius 1 is 1.67 bits per heavy atom. The van der Waals surface area contributed by atoms with Crippen LogP contribution in [-0.2, 0) is 16.1 Å². The first-order valence-electron chi connectivity index (χ1n) is 6.09. The predicted molar refractivity (Wildman–Crippen MR) is 69.3 cm³/mol. The minimum atomic E-state index is -0.112. The van der Waals surface area contributed by atoms with Crippen molar-refractivity contribution in [3.63, 3.8) is 0 Å². The molecule has 4 nitrogen and oxygen atoms in total. The molecule has 98 valence electrons. The van der Waals surface area contributed by atoms with E-state index in [2.05, 4.69) is 9.88 Å². The van der Waals surface area contributed by atoms with Gasteiger partial charge in [-0.05, 0) is 31.5 Å². The SMILES string of the molecule is COC(=O)C1CCCN(Cc2cc(Cl)ccn2)C1. The van der Waals surface area contributed by atoms with E-state index in [-0.39, 0.29) is 11.9 Å². The van der Waals surface area contributed by atoms with Crippen molar-refractivity contribution in [2.45, 2.75) is 19.4 Å². The van der Waals surface area contributed by atoms with E-state index in [0.717, 1.165) is 38.2 Å². The van der Waals surface area contributed by atoms with Gasteiger partial charge in [-0.15, -0.1) is 0 Å². The Hall–Kier alpha value is -1.13. The summed E-state index contributed by atoms with van der Waals surface area (Å²) in [5, 5.41) is 0.696. The minimum absolute atomic E-state index is 0.0112. The molecule has 5 heteroatoms. The highest BCUT2D eigenvalue weighted by Gasteiger charge is 2.26. The Morgan fingerprint density at radius 3 is 3.22 bits per heavy atom. The molecule has 0 spiro atoms. The minimum Gasteiger partial charge on any atom is -0.469 e. The van der Waals surface area contributed by atoms with Crippen LogP contribution >= 0.6 is 11.6 Å². The fraction of sp³-hybridized carbons (Fsp3) is 0.538. The number of piperidine rings is 1.